The molecule has 1 aliphatic heterocycles. The maximum absolute atomic E-state index is 9.55. The zero-order chi connectivity index (χ0) is 14.6. The number of likely N-dealkylation sites (tertiary alicyclic amines) is 1. The van der Waals surface area contributed by atoms with Crippen molar-refractivity contribution in [3.8, 4) is 6.07 Å². The lowest BCUT2D eigenvalue weighted by atomic mass is 9.92. The fourth-order valence-corrected chi connectivity index (χ4v) is 3.72. The standard InChI is InChI=1S/C16H29N3O/c1-4-9-18-16(12-17)8-6-14(11-16)19-10-5-7-15(2,13-19)20-3/h14,18H,4-11,13H2,1-3H3. The topological polar surface area (TPSA) is 48.3 Å². The van der Waals surface area contributed by atoms with Crippen LogP contribution in [0.25, 0.3) is 0 Å². The maximum atomic E-state index is 9.55. The number of nitriles is 1. The van der Waals surface area contributed by atoms with Crippen LogP contribution >= 0.6 is 0 Å². The molecule has 0 amide bonds. The van der Waals surface area contributed by atoms with Gasteiger partial charge in [0.2, 0.25) is 0 Å². The van der Waals surface area contributed by atoms with E-state index in [2.05, 4.69) is 30.1 Å². The number of ether oxygens (including phenoxy) is 1. The lowest BCUT2D eigenvalue weighted by molar-refractivity contribution is -0.0609. The van der Waals surface area contributed by atoms with Gasteiger partial charge in [0.1, 0.15) is 5.54 Å². The minimum atomic E-state index is -0.290. The summed E-state index contributed by atoms with van der Waals surface area (Å²) in [6.07, 6.45) is 6.49. The van der Waals surface area contributed by atoms with Crippen LogP contribution in [0.3, 0.4) is 0 Å². The Hall–Kier alpha value is -0.630. The smallest absolute Gasteiger partial charge is 0.108 e. The Morgan fingerprint density at radius 1 is 1.45 bits per heavy atom. The van der Waals surface area contributed by atoms with Gasteiger partial charge in [-0.2, -0.15) is 5.26 Å². The number of nitrogens with zero attached hydrogens (tertiary/aromatic N) is 2. The van der Waals surface area contributed by atoms with Crippen LogP contribution in [-0.2, 0) is 4.74 Å². The van der Waals surface area contributed by atoms with Gasteiger partial charge in [-0.25, -0.2) is 0 Å². The monoisotopic (exact) mass is 279 g/mol. The largest absolute Gasteiger partial charge is 0.377 e. The van der Waals surface area contributed by atoms with Gasteiger partial charge in [0.25, 0.3) is 0 Å². The molecule has 1 heterocycles. The Balaban J connectivity index is 1.96. The third-order valence-corrected chi connectivity index (χ3v) is 5.11. The fraction of sp³-hybridized carbons (Fsp3) is 0.938. The number of hydrogen-bond donors (Lipinski definition) is 1. The minimum Gasteiger partial charge on any atom is -0.377 e. The number of nitrogens with one attached hydrogen (secondary N) is 1. The Labute approximate surface area is 123 Å². The molecule has 0 aromatic carbocycles. The second-order valence-corrected chi connectivity index (χ2v) is 6.75. The molecule has 2 fully saturated rings. The van der Waals surface area contributed by atoms with Crippen LogP contribution in [-0.4, -0.2) is 48.8 Å². The van der Waals surface area contributed by atoms with Gasteiger partial charge in [0, 0.05) is 19.7 Å². The summed E-state index contributed by atoms with van der Waals surface area (Å²) in [7, 11) is 1.82. The summed E-state index contributed by atoms with van der Waals surface area (Å²) >= 11 is 0. The van der Waals surface area contributed by atoms with Crippen LogP contribution < -0.4 is 5.32 Å². The van der Waals surface area contributed by atoms with Crippen molar-refractivity contribution in [1.29, 1.82) is 5.26 Å². The van der Waals surface area contributed by atoms with Crippen LogP contribution in [0.4, 0.5) is 0 Å². The van der Waals surface area contributed by atoms with E-state index in [-0.39, 0.29) is 11.1 Å². The van der Waals surface area contributed by atoms with Crippen LogP contribution in [0.1, 0.15) is 52.4 Å². The first kappa shape index (κ1) is 15.8. The Morgan fingerprint density at radius 3 is 2.90 bits per heavy atom. The van der Waals surface area contributed by atoms with Crippen molar-refractivity contribution in [2.75, 3.05) is 26.7 Å². The molecule has 2 rings (SSSR count). The van der Waals surface area contributed by atoms with Crippen LogP contribution in [0, 0.1) is 11.3 Å². The van der Waals surface area contributed by atoms with Crippen molar-refractivity contribution >= 4 is 0 Å². The van der Waals surface area contributed by atoms with Gasteiger partial charge in [-0.15, -0.1) is 0 Å². The third-order valence-electron chi connectivity index (χ3n) is 5.11. The van der Waals surface area contributed by atoms with Crippen LogP contribution in [0.15, 0.2) is 0 Å². The lowest BCUT2D eigenvalue weighted by Gasteiger charge is -2.42. The van der Waals surface area contributed by atoms with E-state index in [4.69, 9.17) is 4.74 Å². The average molecular weight is 279 g/mol. The molecule has 3 atom stereocenters. The first-order chi connectivity index (χ1) is 9.56. The van der Waals surface area contributed by atoms with Gasteiger partial charge in [-0.1, -0.05) is 6.92 Å². The predicted octanol–water partition coefficient (Wildman–Crippen LogP) is 2.30. The van der Waals surface area contributed by atoms with Gasteiger partial charge < -0.3 is 4.74 Å². The second-order valence-electron chi connectivity index (χ2n) is 6.75. The van der Waals surface area contributed by atoms with E-state index in [0.29, 0.717) is 6.04 Å². The lowest BCUT2D eigenvalue weighted by Crippen LogP contribution is -2.51. The summed E-state index contributed by atoms with van der Waals surface area (Å²) in [6.45, 7) is 7.46. The number of hydrogen-bond acceptors (Lipinski definition) is 4. The van der Waals surface area contributed by atoms with E-state index < -0.39 is 0 Å². The molecule has 114 valence electrons. The number of methoxy groups -OCH3 is 1. The summed E-state index contributed by atoms with van der Waals surface area (Å²) in [5.74, 6) is 0. The predicted molar refractivity (Wildman–Crippen MR) is 80.5 cm³/mol. The molecule has 0 bridgehead atoms. The van der Waals surface area contributed by atoms with E-state index >= 15 is 0 Å². The highest BCUT2D eigenvalue weighted by Crippen LogP contribution is 2.36. The molecule has 1 N–H and O–H groups in total. The summed E-state index contributed by atoms with van der Waals surface area (Å²) in [5, 5.41) is 13.0. The summed E-state index contributed by atoms with van der Waals surface area (Å²) in [6, 6.07) is 3.08. The molecule has 1 aliphatic carbocycles. The molecule has 0 aromatic rings. The highest BCUT2D eigenvalue weighted by molar-refractivity contribution is 5.13. The first-order valence-corrected chi connectivity index (χ1v) is 8.02. The van der Waals surface area contributed by atoms with E-state index in [1.165, 1.54) is 6.42 Å². The van der Waals surface area contributed by atoms with Crippen molar-refractivity contribution < 1.29 is 4.74 Å². The highest BCUT2D eigenvalue weighted by atomic mass is 16.5. The van der Waals surface area contributed by atoms with Gasteiger partial charge in [0.05, 0.1) is 11.7 Å². The summed E-state index contributed by atoms with van der Waals surface area (Å²) < 4.78 is 5.69. The normalized spacial score (nSPS) is 38.8. The van der Waals surface area contributed by atoms with Crippen molar-refractivity contribution in [1.82, 2.24) is 10.2 Å². The summed E-state index contributed by atoms with van der Waals surface area (Å²) in [4.78, 5) is 2.56. The molecule has 1 saturated heterocycles. The van der Waals surface area contributed by atoms with E-state index in [0.717, 1.165) is 51.7 Å². The molecule has 2 aliphatic rings. The SMILES string of the molecule is CCCNC1(C#N)CCC(N2CCCC(C)(OC)C2)C1. The van der Waals surface area contributed by atoms with Crippen molar-refractivity contribution in [3.63, 3.8) is 0 Å². The molecule has 0 radical (unpaired) electrons. The fourth-order valence-electron chi connectivity index (χ4n) is 3.72. The zero-order valence-corrected chi connectivity index (χ0v) is 13.2. The average Bonchev–Trinajstić information content (AvgIpc) is 2.90. The first-order valence-electron chi connectivity index (χ1n) is 8.02. The highest BCUT2D eigenvalue weighted by Gasteiger charge is 2.43. The van der Waals surface area contributed by atoms with Gasteiger partial charge >= 0.3 is 0 Å². The molecule has 3 unspecified atom stereocenters. The molecule has 4 heteroatoms. The van der Waals surface area contributed by atoms with Crippen molar-refractivity contribution in [3.05, 3.63) is 0 Å². The van der Waals surface area contributed by atoms with Crippen LogP contribution in [0.5, 0.6) is 0 Å². The molecule has 4 nitrogen and oxygen atoms in total. The Kier molecular flexibility index (Phi) is 5.06. The van der Waals surface area contributed by atoms with E-state index in [1.54, 1.807) is 0 Å². The third kappa shape index (κ3) is 3.33. The molecular weight excluding hydrogens is 250 g/mol. The minimum absolute atomic E-state index is 0.00695. The van der Waals surface area contributed by atoms with Gasteiger partial charge in [-0.05, 0) is 58.5 Å². The Morgan fingerprint density at radius 2 is 2.25 bits per heavy atom. The quantitative estimate of drug-likeness (QED) is 0.839. The van der Waals surface area contributed by atoms with Crippen molar-refractivity contribution in [2.45, 2.75) is 69.6 Å². The number of rotatable bonds is 5. The van der Waals surface area contributed by atoms with E-state index in [9.17, 15) is 5.26 Å². The number of piperidine rings is 1. The van der Waals surface area contributed by atoms with Gasteiger partial charge in [-0.3, -0.25) is 10.2 Å². The maximum Gasteiger partial charge on any atom is 0.108 e. The van der Waals surface area contributed by atoms with Crippen molar-refractivity contribution in [2.24, 2.45) is 0 Å². The molecule has 0 spiro atoms. The molecule has 20 heavy (non-hydrogen) atoms. The Bertz CT molecular complexity index is 367. The van der Waals surface area contributed by atoms with Crippen LogP contribution in [0.2, 0.25) is 0 Å². The second kappa shape index (κ2) is 6.43. The van der Waals surface area contributed by atoms with E-state index in [1.807, 2.05) is 7.11 Å². The van der Waals surface area contributed by atoms with Gasteiger partial charge in [0.15, 0.2) is 0 Å². The zero-order valence-electron chi connectivity index (χ0n) is 13.2. The summed E-state index contributed by atoms with van der Waals surface area (Å²) in [5.41, 5.74) is -0.297. The molecule has 1 saturated carbocycles. The molecule has 0 aromatic heterocycles. The molecular formula is C16H29N3O.